The number of carbonyl (C=O) groups is 1. The quantitative estimate of drug-likeness (QED) is 0.803. The van der Waals surface area contributed by atoms with Crippen molar-refractivity contribution in [1.29, 1.82) is 0 Å². The lowest BCUT2D eigenvalue weighted by Gasteiger charge is -2.13. The van der Waals surface area contributed by atoms with Gasteiger partial charge in [0.15, 0.2) is 12.4 Å². The van der Waals surface area contributed by atoms with E-state index in [0.29, 0.717) is 5.82 Å². The molecule has 0 fully saturated rings. The lowest BCUT2D eigenvalue weighted by Crippen LogP contribution is -2.25. The first kappa shape index (κ1) is 14.6. The molecular weight excluding hydrogens is 280 g/mol. The van der Waals surface area contributed by atoms with E-state index in [9.17, 15) is 4.79 Å². The number of fused-ring (bicyclic) bond motifs is 1. The Balaban J connectivity index is 1.60. The number of H-pyrrole nitrogens is 1. The number of aryl methyl sites for hydroxylation is 2. The average Bonchev–Trinajstić information content (AvgIpc) is 2.90. The highest BCUT2D eigenvalue weighted by Gasteiger charge is 2.18. The van der Waals surface area contributed by atoms with Crippen molar-refractivity contribution in [2.75, 3.05) is 18.5 Å². The van der Waals surface area contributed by atoms with Gasteiger partial charge in [0, 0.05) is 30.8 Å². The molecule has 1 aliphatic heterocycles. The topological polar surface area (TPSA) is 79.0 Å². The monoisotopic (exact) mass is 300 g/mol. The Labute approximate surface area is 129 Å². The van der Waals surface area contributed by atoms with Crippen LogP contribution in [-0.4, -0.2) is 29.3 Å². The molecule has 2 heterocycles. The molecule has 3 N–H and O–H groups in total. The van der Waals surface area contributed by atoms with E-state index >= 15 is 0 Å². The predicted octanol–water partition coefficient (Wildman–Crippen LogP) is 1.69. The minimum Gasteiger partial charge on any atom is -0.483 e. The number of carbonyl (C=O) groups excluding carboxylic acids is 1. The minimum absolute atomic E-state index is 0.0288. The van der Waals surface area contributed by atoms with Crippen LogP contribution in [0.15, 0.2) is 18.2 Å². The van der Waals surface area contributed by atoms with Crippen molar-refractivity contribution in [1.82, 2.24) is 15.5 Å². The number of hydrogen-bond acceptors (Lipinski definition) is 4. The van der Waals surface area contributed by atoms with E-state index in [1.165, 1.54) is 5.56 Å². The second-order valence-corrected chi connectivity index (χ2v) is 5.56. The van der Waals surface area contributed by atoms with Crippen LogP contribution in [0.25, 0.3) is 0 Å². The number of amides is 1. The Morgan fingerprint density at radius 3 is 3.09 bits per heavy atom. The maximum atomic E-state index is 12.0. The summed E-state index contributed by atoms with van der Waals surface area (Å²) in [5, 5.41) is 13.2. The summed E-state index contributed by atoms with van der Waals surface area (Å²) < 4.78 is 5.58. The highest BCUT2D eigenvalue weighted by molar-refractivity contribution is 5.91. The zero-order chi connectivity index (χ0) is 15.5. The lowest BCUT2D eigenvalue weighted by atomic mass is 10.1. The largest absolute Gasteiger partial charge is 0.483 e. The molecule has 22 heavy (non-hydrogen) atoms. The summed E-state index contributed by atoms with van der Waals surface area (Å²) in [6.07, 6.45) is 0.900. The maximum Gasteiger partial charge on any atom is 0.263 e. The number of anilines is 1. The molecule has 0 unspecified atom stereocenters. The molecule has 1 aromatic heterocycles. The van der Waals surface area contributed by atoms with Crippen LogP contribution in [0.2, 0.25) is 0 Å². The molecule has 0 bridgehead atoms. The Hall–Kier alpha value is -2.34. The van der Waals surface area contributed by atoms with Crippen LogP contribution < -0.4 is 15.4 Å². The first-order valence-corrected chi connectivity index (χ1v) is 7.40. The Morgan fingerprint density at radius 2 is 2.27 bits per heavy atom. The number of hydrogen-bond donors (Lipinski definition) is 3. The molecule has 0 radical (unpaired) electrons. The van der Waals surface area contributed by atoms with Crippen LogP contribution in [-0.2, 0) is 17.8 Å². The minimum atomic E-state index is -0.208. The normalized spacial score (nSPS) is 13.5. The molecule has 116 valence electrons. The fraction of sp³-hybridized carbons (Fsp3) is 0.375. The first-order chi connectivity index (χ1) is 10.6. The molecule has 1 aromatic carbocycles. The van der Waals surface area contributed by atoms with E-state index in [0.717, 1.165) is 42.1 Å². The van der Waals surface area contributed by atoms with E-state index < -0.39 is 0 Å². The molecule has 0 saturated carbocycles. The number of nitrogens with zero attached hydrogens (tertiary/aromatic N) is 1. The van der Waals surface area contributed by atoms with Crippen LogP contribution in [0.1, 0.15) is 22.4 Å². The summed E-state index contributed by atoms with van der Waals surface area (Å²) in [6, 6.07) is 5.89. The van der Waals surface area contributed by atoms with E-state index in [1.54, 1.807) is 0 Å². The Kier molecular flexibility index (Phi) is 4.11. The van der Waals surface area contributed by atoms with Crippen LogP contribution >= 0.6 is 0 Å². The molecule has 0 atom stereocenters. The molecule has 1 aliphatic rings. The van der Waals surface area contributed by atoms with E-state index in [1.807, 2.05) is 32.0 Å². The average molecular weight is 300 g/mol. The van der Waals surface area contributed by atoms with Gasteiger partial charge in [-0.3, -0.25) is 9.89 Å². The van der Waals surface area contributed by atoms with E-state index in [-0.39, 0.29) is 12.5 Å². The number of nitrogens with one attached hydrogen (secondary N) is 3. The number of aromatic amines is 1. The van der Waals surface area contributed by atoms with Crippen molar-refractivity contribution in [2.45, 2.75) is 26.8 Å². The van der Waals surface area contributed by atoms with Crippen molar-refractivity contribution in [2.24, 2.45) is 0 Å². The zero-order valence-corrected chi connectivity index (χ0v) is 12.8. The second kappa shape index (κ2) is 6.19. The molecular formula is C16H20N4O2. The Bertz CT molecular complexity index is 693. The van der Waals surface area contributed by atoms with E-state index in [2.05, 4.69) is 20.8 Å². The summed E-state index contributed by atoms with van der Waals surface area (Å²) in [7, 11) is 0. The molecule has 6 nitrogen and oxygen atoms in total. The second-order valence-electron chi connectivity index (χ2n) is 5.56. The third-order valence-electron chi connectivity index (χ3n) is 3.75. The highest BCUT2D eigenvalue weighted by Crippen LogP contribution is 2.20. The number of benzene rings is 1. The maximum absolute atomic E-state index is 12.0. The van der Waals surface area contributed by atoms with Gasteiger partial charge in [0.05, 0.1) is 0 Å². The standard InChI is InChI=1S/C16H20N4O2/c1-10-3-4-14(11(2)7-10)22-9-15(21)18-16-12-8-17-6-5-13(12)19-20-16/h3-4,7,17H,5-6,8-9H2,1-2H3,(H2,18,19,20,21). The molecule has 6 heteroatoms. The summed E-state index contributed by atoms with van der Waals surface area (Å²) in [4.78, 5) is 12.0. The van der Waals surface area contributed by atoms with Gasteiger partial charge in [-0.2, -0.15) is 5.10 Å². The summed E-state index contributed by atoms with van der Waals surface area (Å²) in [5.41, 5.74) is 4.31. The number of ether oxygens (including phenoxy) is 1. The van der Waals surface area contributed by atoms with Gasteiger partial charge < -0.3 is 15.4 Å². The molecule has 0 spiro atoms. The third kappa shape index (κ3) is 3.12. The Morgan fingerprint density at radius 1 is 1.41 bits per heavy atom. The van der Waals surface area contributed by atoms with Gasteiger partial charge in [0.2, 0.25) is 0 Å². The van der Waals surface area contributed by atoms with E-state index in [4.69, 9.17) is 4.74 Å². The summed E-state index contributed by atoms with van der Waals surface area (Å²) in [5.74, 6) is 1.11. The lowest BCUT2D eigenvalue weighted by molar-refractivity contribution is -0.118. The number of aromatic nitrogens is 2. The van der Waals surface area contributed by atoms with Gasteiger partial charge in [-0.25, -0.2) is 0 Å². The molecule has 0 saturated heterocycles. The van der Waals surface area contributed by atoms with Crippen molar-refractivity contribution in [3.05, 3.63) is 40.6 Å². The highest BCUT2D eigenvalue weighted by atomic mass is 16.5. The van der Waals surface area contributed by atoms with Gasteiger partial charge in [0.25, 0.3) is 5.91 Å². The summed E-state index contributed by atoms with van der Waals surface area (Å²) >= 11 is 0. The van der Waals surface area contributed by atoms with Crippen LogP contribution in [0, 0.1) is 13.8 Å². The predicted molar refractivity (Wildman–Crippen MR) is 84.0 cm³/mol. The van der Waals surface area contributed by atoms with Crippen molar-refractivity contribution in [3.63, 3.8) is 0 Å². The zero-order valence-electron chi connectivity index (χ0n) is 12.8. The van der Waals surface area contributed by atoms with Gasteiger partial charge >= 0.3 is 0 Å². The van der Waals surface area contributed by atoms with Crippen LogP contribution in [0.5, 0.6) is 5.75 Å². The molecule has 0 aliphatic carbocycles. The van der Waals surface area contributed by atoms with Crippen molar-refractivity contribution >= 4 is 11.7 Å². The summed E-state index contributed by atoms with van der Waals surface area (Å²) in [6.45, 7) is 5.62. The third-order valence-corrected chi connectivity index (χ3v) is 3.75. The van der Waals surface area contributed by atoms with Gasteiger partial charge in [-0.15, -0.1) is 0 Å². The van der Waals surface area contributed by atoms with Crippen LogP contribution in [0.3, 0.4) is 0 Å². The van der Waals surface area contributed by atoms with Gasteiger partial charge in [-0.05, 0) is 25.5 Å². The first-order valence-electron chi connectivity index (χ1n) is 7.40. The van der Waals surface area contributed by atoms with Crippen LogP contribution in [0.4, 0.5) is 5.82 Å². The van der Waals surface area contributed by atoms with Crippen molar-refractivity contribution < 1.29 is 9.53 Å². The molecule has 2 aromatic rings. The molecule has 3 rings (SSSR count). The van der Waals surface area contributed by atoms with Gasteiger partial charge in [-0.1, -0.05) is 17.7 Å². The fourth-order valence-electron chi connectivity index (χ4n) is 2.60. The van der Waals surface area contributed by atoms with Gasteiger partial charge in [0.1, 0.15) is 5.75 Å². The number of rotatable bonds is 4. The SMILES string of the molecule is Cc1ccc(OCC(=O)Nc2n[nH]c3c2CNCC3)c(C)c1. The van der Waals surface area contributed by atoms with Crippen molar-refractivity contribution in [3.8, 4) is 5.75 Å². The fourth-order valence-corrected chi connectivity index (χ4v) is 2.60. The molecule has 1 amide bonds. The smallest absolute Gasteiger partial charge is 0.263 e.